The molecule has 25 heavy (non-hydrogen) atoms. The Morgan fingerprint density at radius 3 is 2.80 bits per heavy atom. The van der Waals surface area contributed by atoms with Crippen molar-refractivity contribution in [3.05, 3.63) is 54.6 Å². The zero-order chi connectivity index (χ0) is 17.1. The van der Waals surface area contributed by atoms with Crippen molar-refractivity contribution in [3.63, 3.8) is 0 Å². The maximum atomic E-state index is 12.8. The van der Waals surface area contributed by atoms with Gasteiger partial charge in [-0.2, -0.15) is 0 Å². The van der Waals surface area contributed by atoms with Crippen molar-refractivity contribution in [1.82, 2.24) is 14.9 Å². The smallest absolute Gasteiger partial charge is 0.255 e. The van der Waals surface area contributed by atoms with E-state index in [2.05, 4.69) is 15.3 Å². The molecule has 1 amide bonds. The molecule has 0 spiro atoms. The molecule has 3 heterocycles. The molecule has 4 rings (SSSR count). The van der Waals surface area contributed by atoms with Crippen molar-refractivity contribution in [2.24, 2.45) is 5.92 Å². The molecule has 1 saturated heterocycles. The van der Waals surface area contributed by atoms with Crippen LogP contribution in [0.15, 0.2) is 49.1 Å². The Hall–Kier alpha value is -2.47. The average Bonchev–Trinajstić information content (AvgIpc) is 3.10. The lowest BCUT2D eigenvalue weighted by molar-refractivity contribution is -0.0602. The monoisotopic (exact) mass is 338 g/mol. The lowest BCUT2D eigenvalue weighted by atomic mass is 10.0. The van der Waals surface area contributed by atoms with Crippen LogP contribution in [0.4, 0.5) is 5.69 Å². The Labute approximate surface area is 147 Å². The van der Waals surface area contributed by atoms with Gasteiger partial charge in [-0.25, -0.2) is 0 Å². The zero-order valence-corrected chi connectivity index (χ0v) is 14.0. The van der Waals surface area contributed by atoms with Gasteiger partial charge in [-0.1, -0.05) is 0 Å². The number of nitrogens with one attached hydrogen (secondary N) is 1. The zero-order valence-electron chi connectivity index (χ0n) is 14.0. The first-order valence-corrected chi connectivity index (χ1v) is 8.79. The number of nitrogens with zero attached hydrogens (tertiary/aromatic N) is 3. The Balaban J connectivity index is 1.42. The SMILES string of the molecule is O=C(c1cccnc1)N1CCO[C@@H]2[C@H](CNc3cccnc3)CC[C@@H]21. The normalized spacial score (nSPS) is 25.4. The van der Waals surface area contributed by atoms with Crippen LogP contribution in [0.3, 0.4) is 0 Å². The molecule has 2 aliphatic rings. The molecule has 0 aromatic carbocycles. The van der Waals surface area contributed by atoms with Crippen LogP contribution in [-0.4, -0.2) is 52.6 Å². The van der Waals surface area contributed by atoms with Crippen molar-refractivity contribution >= 4 is 11.6 Å². The van der Waals surface area contributed by atoms with Gasteiger partial charge in [-0.05, 0) is 37.1 Å². The lowest BCUT2D eigenvalue weighted by Gasteiger charge is -2.39. The van der Waals surface area contributed by atoms with Crippen molar-refractivity contribution in [1.29, 1.82) is 0 Å². The second-order valence-corrected chi connectivity index (χ2v) is 6.60. The first-order chi connectivity index (χ1) is 12.3. The molecule has 2 fully saturated rings. The van der Waals surface area contributed by atoms with Gasteiger partial charge in [-0.15, -0.1) is 0 Å². The highest BCUT2D eigenvalue weighted by Gasteiger charge is 2.44. The number of morpholine rings is 1. The standard InChI is InChI=1S/C19H22N4O2/c24-19(15-3-1-7-20-11-15)23-9-10-25-18-14(5-6-17(18)23)12-22-16-4-2-8-21-13-16/h1-4,7-8,11,13-14,17-18,22H,5-6,9-10,12H2/t14-,17-,18+/m0/s1. The van der Waals surface area contributed by atoms with Crippen LogP contribution < -0.4 is 5.32 Å². The number of rotatable bonds is 4. The number of ether oxygens (including phenoxy) is 1. The summed E-state index contributed by atoms with van der Waals surface area (Å²) in [5.41, 5.74) is 1.67. The fraction of sp³-hybridized carbons (Fsp3) is 0.421. The lowest BCUT2D eigenvalue weighted by Crippen LogP contribution is -2.53. The maximum absolute atomic E-state index is 12.8. The van der Waals surface area contributed by atoms with Gasteiger partial charge < -0.3 is 15.0 Å². The molecule has 6 heteroatoms. The fourth-order valence-corrected chi connectivity index (χ4v) is 3.90. The van der Waals surface area contributed by atoms with Crippen molar-refractivity contribution in [3.8, 4) is 0 Å². The van der Waals surface area contributed by atoms with E-state index in [1.54, 1.807) is 24.7 Å². The van der Waals surface area contributed by atoms with Crippen molar-refractivity contribution in [2.45, 2.75) is 25.0 Å². The largest absolute Gasteiger partial charge is 0.383 e. The first kappa shape index (κ1) is 16.0. The van der Waals surface area contributed by atoms with Gasteiger partial charge in [0.05, 0.1) is 30.0 Å². The Bertz CT molecular complexity index is 710. The van der Waals surface area contributed by atoms with Crippen LogP contribution in [0.5, 0.6) is 0 Å². The van der Waals surface area contributed by atoms with E-state index >= 15 is 0 Å². The molecular weight excluding hydrogens is 316 g/mol. The summed E-state index contributed by atoms with van der Waals surface area (Å²) in [6.45, 7) is 2.08. The van der Waals surface area contributed by atoms with Crippen LogP contribution in [0.2, 0.25) is 0 Å². The molecule has 2 aromatic rings. The quantitative estimate of drug-likeness (QED) is 0.926. The van der Waals surface area contributed by atoms with Gasteiger partial charge in [-0.3, -0.25) is 14.8 Å². The third-order valence-electron chi connectivity index (χ3n) is 5.12. The van der Waals surface area contributed by atoms with Crippen LogP contribution in [0.1, 0.15) is 23.2 Å². The van der Waals surface area contributed by atoms with Crippen molar-refractivity contribution in [2.75, 3.05) is 25.0 Å². The molecule has 1 aliphatic carbocycles. The molecule has 3 atom stereocenters. The van der Waals surface area contributed by atoms with Gasteiger partial charge in [0.2, 0.25) is 0 Å². The van der Waals surface area contributed by atoms with Crippen LogP contribution in [-0.2, 0) is 4.74 Å². The predicted octanol–water partition coefficient (Wildman–Crippen LogP) is 2.21. The van der Waals surface area contributed by atoms with Gasteiger partial charge in [0.1, 0.15) is 0 Å². The Kier molecular flexibility index (Phi) is 4.61. The number of aromatic nitrogens is 2. The van der Waals surface area contributed by atoms with Crippen molar-refractivity contribution < 1.29 is 9.53 Å². The number of anilines is 1. The third kappa shape index (κ3) is 3.35. The number of hydrogen-bond acceptors (Lipinski definition) is 5. The minimum Gasteiger partial charge on any atom is -0.383 e. The minimum atomic E-state index is 0.0623. The third-order valence-corrected chi connectivity index (χ3v) is 5.12. The van der Waals surface area contributed by atoms with E-state index in [1.165, 1.54) is 0 Å². The number of hydrogen-bond donors (Lipinski definition) is 1. The van der Waals surface area contributed by atoms with E-state index in [1.807, 2.05) is 29.3 Å². The van der Waals surface area contributed by atoms with Crippen LogP contribution >= 0.6 is 0 Å². The molecule has 1 N–H and O–H groups in total. The number of fused-ring (bicyclic) bond motifs is 1. The molecule has 1 saturated carbocycles. The highest BCUT2D eigenvalue weighted by Crippen LogP contribution is 2.35. The molecular formula is C19H22N4O2. The Morgan fingerprint density at radius 2 is 2.04 bits per heavy atom. The molecule has 0 bridgehead atoms. The number of carbonyl (C=O) groups is 1. The highest BCUT2D eigenvalue weighted by molar-refractivity contribution is 5.94. The summed E-state index contributed by atoms with van der Waals surface area (Å²) in [6.07, 6.45) is 9.06. The predicted molar refractivity (Wildman–Crippen MR) is 94.3 cm³/mol. The summed E-state index contributed by atoms with van der Waals surface area (Å²) in [5.74, 6) is 0.460. The minimum absolute atomic E-state index is 0.0623. The van der Waals surface area contributed by atoms with Gasteiger partial charge in [0.15, 0.2) is 0 Å². The molecule has 1 aliphatic heterocycles. The Morgan fingerprint density at radius 1 is 1.20 bits per heavy atom. The van der Waals surface area contributed by atoms with Gasteiger partial charge in [0.25, 0.3) is 5.91 Å². The highest BCUT2D eigenvalue weighted by atomic mass is 16.5. The van der Waals surface area contributed by atoms with E-state index in [4.69, 9.17) is 4.74 Å². The van der Waals surface area contributed by atoms with Crippen LogP contribution in [0.25, 0.3) is 0 Å². The maximum Gasteiger partial charge on any atom is 0.255 e. The molecule has 130 valence electrons. The topological polar surface area (TPSA) is 67.4 Å². The van der Waals surface area contributed by atoms with E-state index in [9.17, 15) is 4.79 Å². The molecule has 0 unspecified atom stereocenters. The van der Waals surface area contributed by atoms with Crippen LogP contribution in [0, 0.1) is 5.92 Å². The average molecular weight is 338 g/mol. The molecule has 2 aromatic heterocycles. The van der Waals surface area contributed by atoms with Gasteiger partial charge in [0, 0.05) is 43.8 Å². The van der Waals surface area contributed by atoms with E-state index < -0.39 is 0 Å². The second kappa shape index (κ2) is 7.19. The molecule has 6 nitrogen and oxygen atoms in total. The summed E-state index contributed by atoms with van der Waals surface area (Å²) < 4.78 is 6.05. The molecule has 0 radical (unpaired) electrons. The van der Waals surface area contributed by atoms with Gasteiger partial charge >= 0.3 is 0 Å². The summed E-state index contributed by atoms with van der Waals surface area (Å²) in [5, 5.41) is 3.44. The van der Waals surface area contributed by atoms with E-state index in [0.29, 0.717) is 24.6 Å². The fourth-order valence-electron chi connectivity index (χ4n) is 3.90. The second-order valence-electron chi connectivity index (χ2n) is 6.60. The summed E-state index contributed by atoms with van der Waals surface area (Å²) in [6, 6.07) is 7.73. The van der Waals surface area contributed by atoms with E-state index in [-0.39, 0.29) is 18.1 Å². The summed E-state index contributed by atoms with van der Waals surface area (Å²) in [7, 11) is 0. The number of amides is 1. The number of pyridine rings is 2. The summed E-state index contributed by atoms with van der Waals surface area (Å²) >= 11 is 0. The summed E-state index contributed by atoms with van der Waals surface area (Å²) in [4.78, 5) is 23.0. The van der Waals surface area contributed by atoms with E-state index in [0.717, 1.165) is 25.1 Å². The first-order valence-electron chi connectivity index (χ1n) is 8.79. The number of carbonyl (C=O) groups excluding carboxylic acids is 1.